The van der Waals surface area contributed by atoms with Crippen LogP contribution in [0.4, 0.5) is 0 Å². The molecule has 1 saturated heterocycles. The second-order valence-electron chi connectivity index (χ2n) is 7.85. The van der Waals surface area contributed by atoms with Crippen LogP contribution in [-0.2, 0) is 0 Å². The topological polar surface area (TPSA) is 0 Å². The van der Waals surface area contributed by atoms with Crippen molar-refractivity contribution < 1.29 is 0 Å². The Labute approximate surface area is 102 Å². The summed E-state index contributed by atoms with van der Waals surface area (Å²) in [6, 6.07) is 0. The maximum absolute atomic E-state index is 2.52. The smallest absolute Gasteiger partial charge is 0.0721 e. The Morgan fingerprint density at radius 3 is 1.75 bits per heavy atom. The van der Waals surface area contributed by atoms with Gasteiger partial charge in [-0.1, -0.05) is 65.9 Å². The fourth-order valence-electron chi connectivity index (χ4n) is 2.92. The van der Waals surface area contributed by atoms with E-state index in [2.05, 4.69) is 60.7 Å². The molecule has 1 heterocycles. The predicted octanol–water partition coefficient (Wildman–Crippen LogP) is 4.69. The van der Waals surface area contributed by atoms with Crippen molar-refractivity contribution in [1.29, 1.82) is 0 Å². The van der Waals surface area contributed by atoms with E-state index in [0.717, 1.165) is 0 Å². The molecule has 0 aromatic carbocycles. The molecule has 2 aliphatic rings. The molecule has 1 radical (unpaired) electrons. The highest BCUT2D eigenvalue weighted by molar-refractivity contribution is 7.04. The van der Waals surface area contributed by atoms with Gasteiger partial charge in [-0.05, 0) is 22.0 Å². The summed E-state index contributed by atoms with van der Waals surface area (Å²) >= 11 is 0. The molecule has 0 nitrogen and oxygen atoms in total. The summed E-state index contributed by atoms with van der Waals surface area (Å²) in [6.45, 7) is 19.1. The zero-order valence-corrected chi connectivity index (χ0v) is 13.1. The van der Waals surface area contributed by atoms with Gasteiger partial charge >= 0.3 is 0 Å². The van der Waals surface area contributed by atoms with E-state index >= 15 is 0 Å². The van der Waals surface area contributed by atoms with E-state index in [-0.39, 0.29) is 0 Å². The number of hydrogen-bond acceptors (Lipinski definition) is 0. The first-order valence-electron chi connectivity index (χ1n) is 6.33. The molecule has 1 aliphatic carbocycles. The van der Waals surface area contributed by atoms with Crippen molar-refractivity contribution in [2.45, 2.75) is 54.6 Å². The Balaban J connectivity index is 2.51. The third-order valence-corrected chi connectivity index (χ3v) is 7.13. The van der Waals surface area contributed by atoms with Gasteiger partial charge in [0.2, 0.25) is 0 Å². The Morgan fingerprint density at radius 1 is 0.875 bits per heavy atom. The average molecular weight is 233 g/mol. The average Bonchev–Trinajstić information content (AvgIpc) is 2.39. The van der Waals surface area contributed by atoms with Crippen molar-refractivity contribution in [2.75, 3.05) is 0 Å². The number of fused-ring (bicyclic) bond motifs is 1. The van der Waals surface area contributed by atoms with Crippen molar-refractivity contribution in [3.63, 3.8) is 0 Å². The molecule has 1 heteroatoms. The molecule has 0 aromatic heterocycles. The molecule has 1 aliphatic heterocycles. The monoisotopic (exact) mass is 233 g/mol. The summed E-state index contributed by atoms with van der Waals surface area (Å²) in [5.41, 5.74) is 5.59. The fourth-order valence-corrected chi connectivity index (χ4v) is 6.50. The maximum Gasteiger partial charge on any atom is 0.0918 e. The maximum atomic E-state index is 2.52. The highest BCUT2D eigenvalue weighted by Gasteiger charge is 2.60. The Bertz CT molecular complexity index is 394. The van der Waals surface area contributed by atoms with Crippen LogP contribution in [0.5, 0.6) is 0 Å². The first kappa shape index (κ1) is 12.2. The lowest BCUT2D eigenvalue weighted by atomic mass is 9.74. The van der Waals surface area contributed by atoms with E-state index in [0.29, 0.717) is 10.8 Å². The van der Waals surface area contributed by atoms with E-state index < -0.39 is 8.07 Å². The van der Waals surface area contributed by atoms with Gasteiger partial charge in [0.15, 0.2) is 0 Å². The lowest BCUT2D eigenvalue weighted by Gasteiger charge is -2.33. The van der Waals surface area contributed by atoms with Gasteiger partial charge in [0.25, 0.3) is 0 Å². The minimum atomic E-state index is -1.08. The lowest BCUT2D eigenvalue weighted by molar-refractivity contribution is 0.448. The van der Waals surface area contributed by atoms with Gasteiger partial charge in [0.05, 0.1) is 8.07 Å². The predicted molar refractivity (Wildman–Crippen MR) is 74.7 cm³/mol. The molecular formula is C15H25Si. The largest absolute Gasteiger partial charge is 0.0918 e. The van der Waals surface area contributed by atoms with Gasteiger partial charge < -0.3 is 0 Å². The minimum Gasteiger partial charge on any atom is -0.0721 e. The third-order valence-electron chi connectivity index (χ3n) is 3.87. The molecule has 0 unspecified atom stereocenters. The molecule has 0 bridgehead atoms. The number of rotatable bonds is 0. The lowest BCUT2D eigenvalue weighted by Crippen LogP contribution is -2.22. The molecule has 0 amide bonds. The Morgan fingerprint density at radius 2 is 1.38 bits per heavy atom. The molecule has 89 valence electrons. The molecule has 0 atom stereocenters. The summed E-state index contributed by atoms with van der Waals surface area (Å²) in [6.07, 6.45) is 2.52. The van der Waals surface area contributed by atoms with Gasteiger partial charge in [-0.2, -0.15) is 0 Å². The van der Waals surface area contributed by atoms with Crippen molar-refractivity contribution in [3.05, 3.63) is 28.0 Å². The Kier molecular flexibility index (Phi) is 2.22. The molecule has 0 N–H and O–H groups in total. The quantitative estimate of drug-likeness (QED) is 0.532. The molecule has 0 saturated carbocycles. The summed E-state index contributed by atoms with van der Waals surface area (Å²) in [7, 11) is -1.08. The second kappa shape index (κ2) is 2.93. The van der Waals surface area contributed by atoms with Crippen LogP contribution in [0.15, 0.2) is 22.4 Å². The zero-order valence-electron chi connectivity index (χ0n) is 12.1. The van der Waals surface area contributed by atoms with Crippen LogP contribution >= 0.6 is 0 Å². The number of hydrogen-bond donors (Lipinski definition) is 0. The van der Waals surface area contributed by atoms with Crippen LogP contribution < -0.4 is 0 Å². The van der Waals surface area contributed by atoms with Crippen LogP contribution in [0.25, 0.3) is 0 Å². The molecule has 0 spiro atoms. The normalized spacial score (nSPS) is 24.6. The number of allylic oxidation sites excluding steroid dienone is 4. The van der Waals surface area contributed by atoms with Gasteiger partial charge in [0, 0.05) is 5.54 Å². The van der Waals surface area contributed by atoms with E-state index in [9.17, 15) is 0 Å². The van der Waals surface area contributed by atoms with Crippen molar-refractivity contribution in [1.82, 2.24) is 0 Å². The molecule has 0 aromatic rings. The van der Waals surface area contributed by atoms with Gasteiger partial charge in [-0.15, -0.1) is 0 Å². The van der Waals surface area contributed by atoms with Crippen molar-refractivity contribution >= 4 is 8.07 Å². The molecule has 2 rings (SSSR count). The van der Waals surface area contributed by atoms with Crippen LogP contribution in [0.3, 0.4) is 0 Å². The van der Waals surface area contributed by atoms with Gasteiger partial charge in [0.1, 0.15) is 0 Å². The van der Waals surface area contributed by atoms with E-state index in [1.165, 1.54) is 0 Å². The van der Waals surface area contributed by atoms with E-state index in [1.807, 2.05) is 0 Å². The molecule has 1 fully saturated rings. The first-order valence-corrected chi connectivity index (χ1v) is 9.33. The van der Waals surface area contributed by atoms with Gasteiger partial charge in [-0.25, -0.2) is 0 Å². The van der Waals surface area contributed by atoms with Gasteiger partial charge in [-0.3, -0.25) is 0 Å². The van der Waals surface area contributed by atoms with Crippen molar-refractivity contribution in [2.24, 2.45) is 10.8 Å². The zero-order chi connectivity index (χ0) is 12.5. The highest BCUT2D eigenvalue weighted by atomic mass is 28.3. The summed E-state index contributed by atoms with van der Waals surface area (Å²) < 4.78 is 0. The van der Waals surface area contributed by atoms with E-state index in [1.54, 1.807) is 21.9 Å². The molecular weight excluding hydrogens is 208 g/mol. The van der Waals surface area contributed by atoms with Crippen LogP contribution in [-0.4, -0.2) is 8.07 Å². The molecule has 16 heavy (non-hydrogen) atoms. The summed E-state index contributed by atoms with van der Waals surface area (Å²) in [5.74, 6) is 0. The fraction of sp³-hybridized carbons (Fsp3) is 0.667. The Hall–Kier alpha value is -0.303. The first-order chi connectivity index (χ1) is 6.97. The van der Waals surface area contributed by atoms with Crippen LogP contribution in [0.2, 0.25) is 13.1 Å². The van der Waals surface area contributed by atoms with Crippen molar-refractivity contribution in [3.8, 4) is 0 Å². The standard InChI is InChI=1S/C15H25Si/c1-14(2,3)10-9-11-13(16(11,7)8)12(10)15(4,5)6/h9H,1-8H3. The minimum absolute atomic E-state index is 0.292. The van der Waals surface area contributed by atoms with Crippen LogP contribution in [0, 0.1) is 16.4 Å². The summed E-state index contributed by atoms with van der Waals surface area (Å²) in [4.78, 5) is 0. The summed E-state index contributed by atoms with van der Waals surface area (Å²) in [5, 5.41) is 1.77. The SMILES string of the molecule is CC(C)(C)C1=C[C]2C(=C1C(C)(C)C)[Si]2(C)C. The van der Waals surface area contributed by atoms with E-state index in [4.69, 9.17) is 0 Å². The van der Waals surface area contributed by atoms with Crippen LogP contribution in [0.1, 0.15) is 41.5 Å². The second-order valence-corrected chi connectivity index (χ2v) is 12.1. The third kappa shape index (κ3) is 1.55. The highest BCUT2D eigenvalue weighted by Crippen LogP contribution is 2.63.